The number of benzene rings is 1. The highest BCUT2D eigenvalue weighted by Gasteiger charge is 2.36. The van der Waals surface area contributed by atoms with Crippen molar-refractivity contribution in [3.8, 4) is 0 Å². The van der Waals surface area contributed by atoms with Crippen molar-refractivity contribution >= 4 is 16.9 Å². The predicted octanol–water partition coefficient (Wildman–Crippen LogP) is 2.22. The zero-order valence-electron chi connectivity index (χ0n) is 15.7. The molecule has 27 heavy (non-hydrogen) atoms. The largest absolute Gasteiger partial charge is 0.393 e. The Kier molecular flexibility index (Phi) is 4.39. The Labute approximate surface area is 157 Å². The van der Waals surface area contributed by atoms with Crippen molar-refractivity contribution in [1.29, 1.82) is 0 Å². The highest BCUT2D eigenvalue weighted by molar-refractivity contribution is 5.97. The lowest BCUT2D eigenvalue weighted by atomic mass is 9.75. The molecular weight excluding hydrogens is 342 g/mol. The van der Waals surface area contributed by atoms with Crippen LogP contribution in [0.4, 0.5) is 0 Å². The van der Waals surface area contributed by atoms with Gasteiger partial charge in [0.1, 0.15) is 0 Å². The van der Waals surface area contributed by atoms with Gasteiger partial charge in [-0.1, -0.05) is 0 Å². The number of aliphatic hydroxyl groups is 1. The van der Waals surface area contributed by atoms with Crippen molar-refractivity contribution in [3.63, 3.8) is 0 Å². The molecule has 0 spiro atoms. The second-order valence-electron chi connectivity index (χ2n) is 7.38. The van der Waals surface area contributed by atoms with E-state index in [0.29, 0.717) is 23.9 Å². The highest BCUT2D eigenvalue weighted by atomic mass is 16.3. The second-order valence-corrected chi connectivity index (χ2v) is 7.38. The average molecular weight is 365 g/mol. The monoisotopic (exact) mass is 365 g/mol. The minimum atomic E-state index is -0.284. The number of hydrogen-bond donors (Lipinski definition) is 2. The van der Waals surface area contributed by atoms with Gasteiger partial charge in [0.15, 0.2) is 0 Å². The van der Waals surface area contributed by atoms with Crippen LogP contribution in [0.3, 0.4) is 0 Å². The Morgan fingerprint density at radius 1 is 1.22 bits per heavy atom. The zero-order chi connectivity index (χ0) is 19.1. The molecule has 1 fully saturated rings. The van der Waals surface area contributed by atoms with Gasteiger partial charge in [-0.05, 0) is 50.8 Å². The summed E-state index contributed by atoms with van der Waals surface area (Å²) in [5.74, 6) is 0.0467. The molecule has 1 aliphatic rings. The quantitative estimate of drug-likeness (QED) is 0.739. The maximum atomic E-state index is 12.9. The van der Waals surface area contributed by atoms with E-state index in [4.69, 9.17) is 0 Å². The van der Waals surface area contributed by atoms with Gasteiger partial charge in [-0.25, -0.2) is 9.97 Å². The molecule has 0 radical (unpaired) electrons. The van der Waals surface area contributed by atoms with Gasteiger partial charge < -0.3 is 10.4 Å². The minimum absolute atomic E-state index is 0.160. The van der Waals surface area contributed by atoms with Crippen LogP contribution in [0.5, 0.6) is 0 Å². The van der Waals surface area contributed by atoms with Crippen LogP contribution in [-0.4, -0.2) is 36.9 Å². The molecule has 0 unspecified atom stereocenters. The number of amides is 1. The van der Waals surface area contributed by atoms with Crippen molar-refractivity contribution < 1.29 is 9.90 Å². The van der Waals surface area contributed by atoms with Crippen molar-refractivity contribution in [3.05, 3.63) is 53.1 Å². The zero-order valence-corrected chi connectivity index (χ0v) is 15.7. The van der Waals surface area contributed by atoms with E-state index in [1.54, 1.807) is 23.0 Å². The molecule has 2 aromatic heterocycles. The molecule has 140 valence electrons. The first-order valence-corrected chi connectivity index (χ1v) is 9.13. The molecule has 7 nitrogen and oxygen atoms in total. The number of carbonyl (C=O) groups excluding carboxylic acids is 1. The molecule has 2 heterocycles. The predicted molar refractivity (Wildman–Crippen MR) is 101 cm³/mol. The Morgan fingerprint density at radius 2 is 1.93 bits per heavy atom. The lowest BCUT2D eigenvalue weighted by Gasteiger charge is -2.37. The summed E-state index contributed by atoms with van der Waals surface area (Å²) in [5.41, 5.74) is 4.74. The first-order valence-electron chi connectivity index (χ1n) is 9.13. The van der Waals surface area contributed by atoms with Gasteiger partial charge in [0.25, 0.3) is 5.91 Å². The summed E-state index contributed by atoms with van der Waals surface area (Å²) in [4.78, 5) is 22.0. The van der Waals surface area contributed by atoms with Crippen LogP contribution in [0.15, 0.2) is 30.6 Å². The minimum Gasteiger partial charge on any atom is -0.393 e. The van der Waals surface area contributed by atoms with Gasteiger partial charge in [-0.15, -0.1) is 0 Å². The van der Waals surface area contributed by atoms with Gasteiger partial charge >= 0.3 is 0 Å². The van der Waals surface area contributed by atoms with E-state index in [1.807, 2.05) is 33.2 Å². The maximum Gasteiger partial charge on any atom is 0.251 e. The van der Waals surface area contributed by atoms with Crippen LogP contribution < -0.4 is 5.32 Å². The third kappa shape index (κ3) is 3.42. The number of aliphatic hydroxyl groups excluding tert-OH is 1. The third-order valence-electron chi connectivity index (χ3n) is 5.33. The maximum absolute atomic E-state index is 12.9. The lowest BCUT2D eigenvalue weighted by molar-refractivity contribution is 0.0235. The number of aromatic nitrogens is 4. The van der Waals surface area contributed by atoms with E-state index in [2.05, 4.69) is 20.4 Å². The lowest BCUT2D eigenvalue weighted by Crippen LogP contribution is -2.41. The van der Waals surface area contributed by atoms with Crippen molar-refractivity contribution in [1.82, 2.24) is 25.1 Å². The third-order valence-corrected chi connectivity index (χ3v) is 5.33. The number of fused-ring (bicyclic) bond motifs is 1. The van der Waals surface area contributed by atoms with E-state index in [9.17, 15) is 9.90 Å². The first-order chi connectivity index (χ1) is 12.9. The Morgan fingerprint density at radius 3 is 2.56 bits per heavy atom. The van der Waals surface area contributed by atoms with E-state index < -0.39 is 0 Å². The molecule has 1 aliphatic carbocycles. The Bertz CT molecular complexity index is 1010. The summed E-state index contributed by atoms with van der Waals surface area (Å²) < 4.78 is 1.72. The summed E-state index contributed by atoms with van der Waals surface area (Å²) in [5, 5.41) is 17.0. The molecule has 1 amide bonds. The summed E-state index contributed by atoms with van der Waals surface area (Å²) in [6, 6.07) is 5.21. The second kappa shape index (κ2) is 6.74. The fourth-order valence-corrected chi connectivity index (χ4v) is 3.57. The van der Waals surface area contributed by atoms with Gasteiger partial charge in [0.2, 0.25) is 0 Å². The fraction of sp³-hybridized carbons (Fsp3) is 0.400. The van der Waals surface area contributed by atoms with Gasteiger partial charge in [-0.3, -0.25) is 9.48 Å². The molecule has 1 saturated carbocycles. The summed E-state index contributed by atoms with van der Waals surface area (Å²) >= 11 is 0. The average Bonchev–Trinajstić information content (AvgIpc) is 3.04. The molecule has 0 bridgehead atoms. The molecule has 1 aromatic carbocycles. The summed E-state index contributed by atoms with van der Waals surface area (Å²) in [6.45, 7) is 3.84. The van der Waals surface area contributed by atoms with Crippen LogP contribution in [0.1, 0.15) is 46.2 Å². The molecule has 4 rings (SSSR count). The van der Waals surface area contributed by atoms with E-state index in [0.717, 1.165) is 22.5 Å². The number of carbonyl (C=O) groups is 1. The van der Waals surface area contributed by atoms with Crippen LogP contribution in [0.25, 0.3) is 11.0 Å². The van der Waals surface area contributed by atoms with Crippen molar-refractivity contribution in [2.45, 2.75) is 38.8 Å². The number of aryl methyl sites for hydroxylation is 3. The standard InChI is InChI=1S/C20H23N5O2/c1-11-12(2)23-18-8-13(4-5-17(18)22-11)20(27)24-19(14-6-16(26)7-14)15-9-21-25(3)10-15/h4-5,8-10,14,16,19,26H,6-7H2,1-3H3,(H,24,27)/t14?,16?,19-/m1/s1. The normalized spacial score (nSPS) is 20.3. The molecule has 0 saturated heterocycles. The smallest absolute Gasteiger partial charge is 0.251 e. The summed E-state index contributed by atoms with van der Waals surface area (Å²) in [7, 11) is 1.85. The van der Waals surface area contributed by atoms with Gasteiger partial charge in [-0.2, -0.15) is 5.10 Å². The fourth-order valence-electron chi connectivity index (χ4n) is 3.57. The van der Waals surface area contributed by atoms with Gasteiger partial charge in [0.05, 0.1) is 40.8 Å². The molecule has 3 aromatic rings. The van der Waals surface area contributed by atoms with Crippen molar-refractivity contribution in [2.75, 3.05) is 0 Å². The van der Waals surface area contributed by atoms with E-state index in [1.165, 1.54) is 0 Å². The van der Waals surface area contributed by atoms with E-state index >= 15 is 0 Å². The molecule has 0 aliphatic heterocycles. The SMILES string of the molecule is Cc1nc2ccc(C(=O)N[C@@H](c3cnn(C)c3)C3CC(O)C3)cc2nc1C. The van der Waals surface area contributed by atoms with Crippen molar-refractivity contribution in [2.24, 2.45) is 13.0 Å². The number of hydrogen-bond acceptors (Lipinski definition) is 5. The van der Waals surface area contributed by atoms with Crippen LogP contribution >= 0.6 is 0 Å². The number of rotatable bonds is 4. The topological polar surface area (TPSA) is 92.9 Å². The molecule has 2 N–H and O–H groups in total. The number of nitrogens with zero attached hydrogens (tertiary/aromatic N) is 4. The van der Waals surface area contributed by atoms with Crippen LogP contribution in [-0.2, 0) is 7.05 Å². The van der Waals surface area contributed by atoms with Gasteiger partial charge in [0, 0.05) is 24.4 Å². The summed E-state index contributed by atoms with van der Waals surface area (Å²) in [6.07, 6.45) is 4.76. The molecular formula is C20H23N5O2. The molecule has 1 atom stereocenters. The molecule has 7 heteroatoms. The number of nitrogens with one attached hydrogen (secondary N) is 1. The van der Waals surface area contributed by atoms with Crippen LogP contribution in [0, 0.1) is 19.8 Å². The Balaban J connectivity index is 1.60. The Hall–Kier alpha value is -2.80. The van der Waals surface area contributed by atoms with Crippen LogP contribution in [0.2, 0.25) is 0 Å². The first kappa shape index (κ1) is 17.6. The van der Waals surface area contributed by atoms with E-state index in [-0.39, 0.29) is 24.0 Å². The highest BCUT2D eigenvalue weighted by Crippen LogP contribution is 2.38.